The number of nitrogens with zero attached hydrogens (tertiary/aromatic N) is 4. The lowest BCUT2D eigenvalue weighted by molar-refractivity contribution is 0.0991. The molecular formula is C26H31N7O2. The zero-order chi connectivity index (χ0) is 24.9. The number of benzene rings is 1. The minimum absolute atomic E-state index is 0.0771. The fourth-order valence-electron chi connectivity index (χ4n) is 4.47. The highest BCUT2D eigenvalue weighted by Crippen LogP contribution is 2.31. The third-order valence-corrected chi connectivity index (χ3v) is 6.24. The maximum Gasteiger partial charge on any atom is 0.269 e. The van der Waals surface area contributed by atoms with Gasteiger partial charge in [-0.1, -0.05) is 25.1 Å². The lowest BCUT2D eigenvalue weighted by Crippen LogP contribution is -2.33. The monoisotopic (exact) mass is 473 g/mol. The Kier molecular flexibility index (Phi) is 7.14. The van der Waals surface area contributed by atoms with Crippen molar-refractivity contribution in [2.45, 2.75) is 39.0 Å². The van der Waals surface area contributed by atoms with E-state index < -0.39 is 5.91 Å². The van der Waals surface area contributed by atoms with E-state index >= 15 is 0 Å². The van der Waals surface area contributed by atoms with Crippen molar-refractivity contribution in [3.05, 3.63) is 77.5 Å². The third kappa shape index (κ3) is 5.18. The van der Waals surface area contributed by atoms with Crippen LogP contribution in [0.25, 0.3) is 11.3 Å². The van der Waals surface area contributed by atoms with E-state index in [1.165, 1.54) is 4.68 Å². The van der Waals surface area contributed by atoms with E-state index in [1.807, 2.05) is 32.1 Å². The molecule has 0 aliphatic carbocycles. The molecule has 3 heterocycles. The number of nitrogens with one attached hydrogen (secondary N) is 1. The van der Waals surface area contributed by atoms with Crippen molar-refractivity contribution in [1.82, 2.24) is 19.5 Å². The van der Waals surface area contributed by atoms with Gasteiger partial charge in [0, 0.05) is 36.3 Å². The summed E-state index contributed by atoms with van der Waals surface area (Å²) >= 11 is 0. The van der Waals surface area contributed by atoms with Crippen molar-refractivity contribution in [2.75, 3.05) is 24.2 Å². The molecule has 2 aromatic heterocycles. The maximum absolute atomic E-state index is 12.7. The van der Waals surface area contributed by atoms with Crippen LogP contribution in [0.1, 0.15) is 64.8 Å². The first-order chi connectivity index (χ1) is 16.9. The van der Waals surface area contributed by atoms with E-state index in [1.54, 1.807) is 30.5 Å². The molecule has 0 radical (unpaired) electrons. The zero-order valence-corrected chi connectivity index (χ0v) is 20.1. The Bertz CT molecular complexity index is 1250. The quantitative estimate of drug-likeness (QED) is 0.451. The summed E-state index contributed by atoms with van der Waals surface area (Å²) in [5.41, 5.74) is 8.46. The summed E-state index contributed by atoms with van der Waals surface area (Å²) in [5, 5.41) is 2.82. The first-order valence-electron chi connectivity index (χ1n) is 11.8. The van der Waals surface area contributed by atoms with Crippen molar-refractivity contribution in [3.8, 4) is 11.3 Å². The fraction of sp³-hybridized carbons (Fsp3) is 0.308. The van der Waals surface area contributed by atoms with Crippen molar-refractivity contribution < 1.29 is 9.59 Å². The van der Waals surface area contributed by atoms with Crippen LogP contribution in [-0.4, -0.2) is 44.4 Å². The van der Waals surface area contributed by atoms with Crippen LogP contribution in [0, 0.1) is 0 Å². The second-order valence-electron chi connectivity index (χ2n) is 8.65. The predicted octanol–water partition coefficient (Wildman–Crippen LogP) is 3.29. The third-order valence-electron chi connectivity index (χ3n) is 6.24. The molecule has 5 N–H and O–H groups in total. The summed E-state index contributed by atoms with van der Waals surface area (Å²) in [5.74, 6) is 6.61. The van der Waals surface area contributed by atoms with E-state index in [0.29, 0.717) is 28.5 Å². The van der Waals surface area contributed by atoms with Crippen LogP contribution in [0.15, 0.2) is 54.9 Å². The number of likely N-dealkylation sites (tertiary alicyclic amines) is 1. The van der Waals surface area contributed by atoms with Crippen molar-refractivity contribution >= 4 is 17.6 Å². The molecule has 0 saturated carbocycles. The van der Waals surface area contributed by atoms with Gasteiger partial charge in [-0.3, -0.25) is 9.59 Å². The number of primary amides is 1. The second-order valence-corrected chi connectivity index (χ2v) is 8.65. The molecule has 1 aliphatic heterocycles. The van der Waals surface area contributed by atoms with Crippen LogP contribution in [0.3, 0.4) is 0 Å². The Hall–Kier alpha value is -4.14. The zero-order valence-electron chi connectivity index (χ0n) is 20.1. The van der Waals surface area contributed by atoms with Crippen LogP contribution in [0.5, 0.6) is 0 Å². The van der Waals surface area contributed by atoms with Gasteiger partial charge >= 0.3 is 0 Å². The molecule has 1 aromatic carbocycles. The number of rotatable bonds is 7. The number of aromatic nitrogens is 3. The summed E-state index contributed by atoms with van der Waals surface area (Å²) in [6.07, 6.45) is 8.52. The Balaban J connectivity index is 1.59. The molecule has 0 bridgehead atoms. The average molecular weight is 474 g/mol. The number of hydrogen-bond acceptors (Lipinski definition) is 6. The standard InChI is InChI=1S/C26H31N7O2/c1-3-13-32-14-5-6-20(16-32)25-31-22(23(24(27)34)33(25)28)18-7-9-19(10-8-18)26(35)30-21-15-17(4-2)11-12-29-21/h3,7-13,15,20H,4-6,14,16,28H2,1-2H3,(H2,27,34)(H,29,30,35). The van der Waals surface area contributed by atoms with Gasteiger partial charge in [0.1, 0.15) is 17.3 Å². The Morgan fingerprint density at radius 3 is 2.69 bits per heavy atom. The van der Waals surface area contributed by atoms with Crippen molar-refractivity contribution in [2.24, 2.45) is 5.73 Å². The number of nitrogen functional groups attached to an aromatic ring is 1. The van der Waals surface area contributed by atoms with Gasteiger partial charge in [0.2, 0.25) is 0 Å². The van der Waals surface area contributed by atoms with Crippen LogP contribution in [0.2, 0.25) is 0 Å². The highest BCUT2D eigenvalue weighted by molar-refractivity contribution is 6.04. The first-order valence-corrected chi connectivity index (χ1v) is 11.8. The highest BCUT2D eigenvalue weighted by atomic mass is 16.2. The molecule has 182 valence electrons. The largest absolute Gasteiger partial charge is 0.377 e. The summed E-state index contributed by atoms with van der Waals surface area (Å²) in [6.45, 7) is 5.77. The predicted molar refractivity (Wildman–Crippen MR) is 136 cm³/mol. The topological polar surface area (TPSA) is 132 Å². The Morgan fingerprint density at radius 1 is 1.23 bits per heavy atom. The van der Waals surface area contributed by atoms with Crippen molar-refractivity contribution in [1.29, 1.82) is 0 Å². The minimum atomic E-state index is -0.647. The number of pyridine rings is 1. The Morgan fingerprint density at radius 2 is 2.00 bits per heavy atom. The van der Waals surface area contributed by atoms with Crippen LogP contribution < -0.4 is 16.9 Å². The van der Waals surface area contributed by atoms with Gasteiger partial charge in [-0.2, -0.15) is 0 Å². The average Bonchev–Trinajstić information content (AvgIpc) is 3.22. The SMILES string of the molecule is CC=CN1CCCC(c2nc(-c3ccc(C(=O)Nc4cc(CC)ccn4)cc3)c(C(N)=O)n2N)C1. The van der Waals surface area contributed by atoms with Crippen LogP contribution >= 0.6 is 0 Å². The number of piperidine rings is 1. The number of allylic oxidation sites excluding steroid dienone is 1. The Labute approximate surface area is 204 Å². The minimum Gasteiger partial charge on any atom is -0.377 e. The molecule has 4 rings (SSSR count). The molecule has 9 heteroatoms. The van der Waals surface area contributed by atoms with Gasteiger partial charge in [0.25, 0.3) is 11.8 Å². The second kappa shape index (κ2) is 10.4. The summed E-state index contributed by atoms with van der Waals surface area (Å²) < 4.78 is 1.33. The van der Waals surface area contributed by atoms with Gasteiger partial charge in [-0.05, 0) is 62.2 Å². The van der Waals surface area contributed by atoms with Gasteiger partial charge in [-0.25, -0.2) is 14.6 Å². The molecule has 1 aliphatic rings. The molecule has 3 aromatic rings. The number of aryl methyl sites for hydroxylation is 1. The van der Waals surface area contributed by atoms with Crippen LogP contribution in [-0.2, 0) is 6.42 Å². The smallest absolute Gasteiger partial charge is 0.269 e. The lowest BCUT2D eigenvalue weighted by atomic mass is 9.97. The molecule has 1 atom stereocenters. The van der Waals surface area contributed by atoms with E-state index in [4.69, 9.17) is 16.6 Å². The molecular weight excluding hydrogens is 442 g/mol. The number of carbonyl (C=O) groups is 2. The van der Waals surface area contributed by atoms with E-state index in [0.717, 1.165) is 37.9 Å². The van der Waals surface area contributed by atoms with Gasteiger partial charge in [0.15, 0.2) is 5.69 Å². The number of carbonyl (C=O) groups excluding carboxylic acids is 2. The number of imidazole rings is 1. The molecule has 0 spiro atoms. The normalized spacial score (nSPS) is 15.9. The lowest BCUT2D eigenvalue weighted by Gasteiger charge is -2.31. The number of amides is 2. The number of anilines is 1. The van der Waals surface area contributed by atoms with Gasteiger partial charge in [-0.15, -0.1) is 0 Å². The fourth-order valence-corrected chi connectivity index (χ4v) is 4.47. The molecule has 2 amide bonds. The first kappa shape index (κ1) is 24.0. The molecule has 35 heavy (non-hydrogen) atoms. The van der Waals surface area contributed by atoms with Gasteiger partial charge < -0.3 is 21.8 Å². The van der Waals surface area contributed by atoms with Gasteiger partial charge in [0.05, 0.1) is 0 Å². The van der Waals surface area contributed by atoms with E-state index in [-0.39, 0.29) is 17.5 Å². The number of nitrogens with two attached hydrogens (primary N) is 2. The summed E-state index contributed by atoms with van der Waals surface area (Å²) in [7, 11) is 0. The van der Waals surface area contributed by atoms with Crippen LogP contribution in [0.4, 0.5) is 5.82 Å². The summed E-state index contributed by atoms with van der Waals surface area (Å²) in [6, 6.07) is 10.6. The molecule has 9 nitrogen and oxygen atoms in total. The maximum atomic E-state index is 12.7. The van der Waals surface area contributed by atoms with E-state index in [2.05, 4.69) is 21.4 Å². The number of hydrogen-bond donors (Lipinski definition) is 3. The van der Waals surface area contributed by atoms with E-state index in [9.17, 15) is 9.59 Å². The van der Waals surface area contributed by atoms with Crippen molar-refractivity contribution in [3.63, 3.8) is 0 Å². The molecule has 1 unspecified atom stereocenters. The molecule has 1 fully saturated rings. The summed E-state index contributed by atoms with van der Waals surface area (Å²) in [4.78, 5) is 36.2. The molecule has 1 saturated heterocycles. The highest BCUT2D eigenvalue weighted by Gasteiger charge is 2.29.